The third-order valence-corrected chi connectivity index (χ3v) is 3.72. The van der Waals surface area contributed by atoms with Gasteiger partial charge in [-0.2, -0.15) is 0 Å². The Hall–Kier alpha value is -0.450. The highest BCUT2D eigenvalue weighted by atomic mass is 79.9. The van der Waals surface area contributed by atoms with Gasteiger partial charge in [0.15, 0.2) is 11.6 Å². The Bertz CT molecular complexity index is 434. The lowest BCUT2D eigenvalue weighted by Crippen LogP contribution is -2.25. The van der Waals surface area contributed by atoms with Crippen LogP contribution in [0.4, 0.5) is 4.39 Å². The summed E-state index contributed by atoms with van der Waals surface area (Å²) in [6.45, 7) is 0.166. The number of hydrogen-bond acceptors (Lipinski definition) is 2. The maximum absolute atomic E-state index is 13.6. The van der Waals surface area contributed by atoms with Crippen molar-refractivity contribution >= 4 is 33.3 Å². The van der Waals surface area contributed by atoms with Crippen molar-refractivity contribution in [3.63, 3.8) is 0 Å². The van der Waals surface area contributed by atoms with Crippen LogP contribution in [0.2, 0.25) is 5.02 Å². The summed E-state index contributed by atoms with van der Waals surface area (Å²) in [5.74, 6) is -0.919. The highest BCUT2D eigenvalue weighted by Gasteiger charge is 2.23. The average molecular weight is 307 g/mol. The first-order valence-corrected chi connectivity index (χ1v) is 6.16. The predicted molar refractivity (Wildman–Crippen MR) is 64.5 cm³/mol. The molecule has 1 N–H and O–H groups in total. The first-order chi connectivity index (χ1) is 7.59. The number of rotatable bonds is 4. The minimum Gasteiger partial charge on any atom is -0.307 e. The van der Waals surface area contributed by atoms with Crippen LogP contribution in [-0.4, -0.2) is 18.4 Å². The monoisotopic (exact) mass is 305 g/mol. The summed E-state index contributed by atoms with van der Waals surface area (Å²) < 4.78 is 14.1. The maximum Gasteiger partial charge on any atom is 0.179 e. The SMILES string of the molecule is O=C(CNC1CC1)c1ccc(Br)c(Cl)c1F. The Balaban J connectivity index is 2.12. The Labute approximate surface area is 106 Å². The van der Waals surface area contributed by atoms with E-state index in [-0.39, 0.29) is 22.9 Å². The molecule has 5 heteroatoms. The number of halogens is 3. The van der Waals surface area contributed by atoms with Crippen molar-refractivity contribution in [2.45, 2.75) is 18.9 Å². The van der Waals surface area contributed by atoms with Gasteiger partial charge in [0.1, 0.15) is 0 Å². The molecule has 1 aromatic carbocycles. The Morgan fingerprint density at radius 2 is 2.25 bits per heavy atom. The van der Waals surface area contributed by atoms with Crippen molar-refractivity contribution < 1.29 is 9.18 Å². The Morgan fingerprint density at radius 1 is 1.56 bits per heavy atom. The van der Waals surface area contributed by atoms with Crippen LogP contribution in [-0.2, 0) is 0 Å². The molecule has 0 bridgehead atoms. The molecular formula is C11H10BrClFNO. The van der Waals surface area contributed by atoms with Crippen LogP contribution in [0.1, 0.15) is 23.2 Å². The fourth-order valence-corrected chi connectivity index (χ4v) is 1.83. The smallest absolute Gasteiger partial charge is 0.179 e. The van der Waals surface area contributed by atoms with Gasteiger partial charge in [-0.05, 0) is 40.9 Å². The van der Waals surface area contributed by atoms with Gasteiger partial charge in [0.25, 0.3) is 0 Å². The summed E-state index contributed by atoms with van der Waals surface area (Å²) in [7, 11) is 0. The van der Waals surface area contributed by atoms with Gasteiger partial charge >= 0.3 is 0 Å². The van der Waals surface area contributed by atoms with Gasteiger partial charge in [-0.3, -0.25) is 4.79 Å². The summed E-state index contributed by atoms with van der Waals surface area (Å²) >= 11 is 8.81. The van der Waals surface area contributed by atoms with Crippen LogP contribution < -0.4 is 5.32 Å². The largest absolute Gasteiger partial charge is 0.307 e. The van der Waals surface area contributed by atoms with Gasteiger partial charge in [0.05, 0.1) is 17.1 Å². The summed E-state index contributed by atoms with van der Waals surface area (Å²) in [5, 5.41) is 3.00. The lowest BCUT2D eigenvalue weighted by molar-refractivity contribution is 0.0986. The van der Waals surface area contributed by atoms with Gasteiger partial charge in [0, 0.05) is 10.5 Å². The topological polar surface area (TPSA) is 29.1 Å². The van der Waals surface area contributed by atoms with Crippen molar-refractivity contribution in [3.05, 3.63) is 33.0 Å². The van der Waals surface area contributed by atoms with E-state index in [2.05, 4.69) is 21.2 Å². The highest BCUT2D eigenvalue weighted by Crippen LogP contribution is 2.27. The first kappa shape index (κ1) is 12.0. The zero-order valence-electron chi connectivity index (χ0n) is 8.40. The van der Waals surface area contributed by atoms with Crippen LogP contribution in [0.15, 0.2) is 16.6 Å². The van der Waals surface area contributed by atoms with Gasteiger partial charge in [-0.25, -0.2) is 4.39 Å². The molecular weight excluding hydrogens is 296 g/mol. The molecule has 16 heavy (non-hydrogen) atoms. The van der Waals surface area contributed by atoms with Crippen LogP contribution in [0.3, 0.4) is 0 Å². The number of hydrogen-bond donors (Lipinski definition) is 1. The maximum atomic E-state index is 13.6. The minimum absolute atomic E-state index is 0.0429. The number of nitrogens with one attached hydrogen (secondary N) is 1. The zero-order chi connectivity index (χ0) is 11.7. The van der Waals surface area contributed by atoms with Crippen molar-refractivity contribution in [2.75, 3.05) is 6.54 Å². The van der Waals surface area contributed by atoms with E-state index in [9.17, 15) is 9.18 Å². The fourth-order valence-electron chi connectivity index (χ4n) is 1.36. The molecule has 1 saturated carbocycles. The second-order valence-corrected chi connectivity index (χ2v) is 5.03. The average Bonchev–Trinajstić information content (AvgIpc) is 3.07. The van der Waals surface area contributed by atoms with Crippen LogP contribution >= 0.6 is 27.5 Å². The van der Waals surface area contributed by atoms with E-state index in [1.807, 2.05) is 0 Å². The van der Waals surface area contributed by atoms with Crippen LogP contribution in [0.25, 0.3) is 0 Å². The van der Waals surface area contributed by atoms with E-state index in [0.29, 0.717) is 10.5 Å². The van der Waals surface area contributed by atoms with E-state index in [1.54, 1.807) is 6.07 Å². The summed E-state index contributed by atoms with van der Waals surface area (Å²) in [4.78, 5) is 11.7. The van der Waals surface area contributed by atoms with Gasteiger partial charge in [0.2, 0.25) is 0 Å². The number of carbonyl (C=O) groups excluding carboxylic acids is 1. The quantitative estimate of drug-likeness (QED) is 0.684. The van der Waals surface area contributed by atoms with Gasteiger partial charge in [-0.1, -0.05) is 11.6 Å². The number of benzene rings is 1. The summed E-state index contributed by atoms with van der Waals surface area (Å²) in [5.41, 5.74) is 0.0429. The van der Waals surface area contributed by atoms with Crippen molar-refractivity contribution in [1.29, 1.82) is 0 Å². The third-order valence-electron chi connectivity index (χ3n) is 2.46. The third kappa shape index (κ3) is 2.62. The predicted octanol–water partition coefficient (Wildman–Crippen LogP) is 3.18. The molecule has 1 aromatic rings. The molecule has 0 spiro atoms. The van der Waals surface area contributed by atoms with E-state index >= 15 is 0 Å². The molecule has 0 saturated heterocycles. The summed E-state index contributed by atoms with van der Waals surface area (Å²) in [6.07, 6.45) is 2.19. The highest BCUT2D eigenvalue weighted by molar-refractivity contribution is 9.10. The lowest BCUT2D eigenvalue weighted by Gasteiger charge is -2.06. The molecule has 1 aliphatic carbocycles. The van der Waals surface area contributed by atoms with E-state index < -0.39 is 5.82 Å². The zero-order valence-corrected chi connectivity index (χ0v) is 10.7. The normalized spacial score (nSPS) is 15.2. The van der Waals surface area contributed by atoms with Gasteiger partial charge < -0.3 is 5.32 Å². The van der Waals surface area contributed by atoms with E-state index in [4.69, 9.17) is 11.6 Å². The lowest BCUT2D eigenvalue weighted by atomic mass is 10.1. The second kappa shape index (κ2) is 4.82. The van der Waals surface area contributed by atoms with Crippen molar-refractivity contribution in [1.82, 2.24) is 5.32 Å². The Morgan fingerprint density at radius 3 is 2.88 bits per heavy atom. The second-order valence-electron chi connectivity index (χ2n) is 3.80. The molecule has 86 valence electrons. The molecule has 1 aliphatic rings. The Kier molecular flexibility index (Phi) is 3.62. The molecule has 2 nitrogen and oxygen atoms in total. The van der Waals surface area contributed by atoms with Gasteiger partial charge in [-0.15, -0.1) is 0 Å². The number of Topliss-reactive ketones (excluding diaryl/α,β-unsaturated/α-hetero) is 1. The molecule has 2 rings (SSSR count). The molecule has 0 aliphatic heterocycles. The van der Waals surface area contributed by atoms with E-state index in [0.717, 1.165) is 12.8 Å². The van der Waals surface area contributed by atoms with Crippen LogP contribution in [0, 0.1) is 5.82 Å². The van der Waals surface area contributed by atoms with Crippen molar-refractivity contribution in [3.8, 4) is 0 Å². The summed E-state index contributed by atoms with van der Waals surface area (Å²) in [6, 6.07) is 3.45. The molecule has 0 atom stereocenters. The molecule has 0 aromatic heterocycles. The standard InChI is InChI=1S/C11H10BrClFNO/c12-8-4-3-7(11(14)10(8)13)9(16)5-15-6-1-2-6/h3-4,6,15H,1-2,5H2. The van der Waals surface area contributed by atoms with Crippen LogP contribution in [0.5, 0.6) is 0 Å². The first-order valence-electron chi connectivity index (χ1n) is 4.99. The van der Waals surface area contributed by atoms with E-state index in [1.165, 1.54) is 6.07 Å². The molecule has 0 amide bonds. The molecule has 0 heterocycles. The van der Waals surface area contributed by atoms with Crippen molar-refractivity contribution in [2.24, 2.45) is 0 Å². The minimum atomic E-state index is -0.654. The number of ketones is 1. The molecule has 0 radical (unpaired) electrons. The fraction of sp³-hybridized carbons (Fsp3) is 0.364. The molecule has 1 fully saturated rings. The number of carbonyl (C=O) groups is 1. The molecule has 0 unspecified atom stereocenters.